The lowest BCUT2D eigenvalue weighted by Crippen LogP contribution is -2.44. The van der Waals surface area contributed by atoms with Gasteiger partial charge in [0, 0.05) is 48.1 Å². The molecular formula is C22H31N5O2. The van der Waals surface area contributed by atoms with E-state index in [0.29, 0.717) is 23.3 Å². The topological polar surface area (TPSA) is 91.0 Å². The number of anilines is 1. The number of hydrogen-bond donors (Lipinski definition) is 2. The lowest BCUT2D eigenvalue weighted by atomic mass is 9.98. The van der Waals surface area contributed by atoms with Crippen molar-refractivity contribution in [3.63, 3.8) is 0 Å². The van der Waals surface area contributed by atoms with E-state index in [9.17, 15) is 9.59 Å². The Bertz CT molecular complexity index is 894. The quantitative estimate of drug-likeness (QED) is 0.780. The number of aromatic nitrogens is 3. The summed E-state index contributed by atoms with van der Waals surface area (Å²) in [6.07, 6.45) is 5.37. The molecule has 0 saturated carbocycles. The fourth-order valence-electron chi connectivity index (χ4n) is 3.75. The number of carbonyl (C=O) groups is 1. The van der Waals surface area contributed by atoms with Gasteiger partial charge in [0.25, 0.3) is 5.56 Å². The summed E-state index contributed by atoms with van der Waals surface area (Å²) in [4.78, 5) is 38.2. The minimum atomic E-state index is -0.121. The molecule has 0 aromatic carbocycles. The number of H-pyrrole nitrogens is 1. The van der Waals surface area contributed by atoms with Gasteiger partial charge in [0.05, 0.1) is 0 Å². The van der Waals surface area contributed by atoms with Crippen molar-refractivity contribution >= 4 is 11.7 Å². The molecule has 1 fully saturated rings. The molecule has 2 aromatic rings. The monoisotopic (exact) mass is 397 g/mol. The van der Waals surface area contributed by atoms with E-state index in [1.165, 1.54) is 0 Å². The molecule has 2 aromatic heterocycles. The fraction of sp³-hybridized carbons (Fsp3) is 0.545. The Hall–Kier alpha value is -2.70. The molecule has 0 aliphatic carbocycles. The molecule has 0 radical (unpaired) electrons. The van der Waals surface area contributed by atoms with Gasteiger partial charge >= 0.3 is 0 Å². The minimum absolute atomic E-state index is 0.121. The predicted octanol–water partition coefficient (Wildman–Crippen LogP) is 3.29. The highest BCUT2D eigenvalue weighted by Gasteiger charge is 2.26. The second-order valence-electron chi connectivity index (χ2n) is 7.81. The molecule has 0 atom stereocenters. The molecule has 3 rings (SSSR count). The Kier molecular flexibility index (Phi) is 6.67. The molecule has 2 N–H and O–H groups in total. The first kappa shape index (κ1) is 21.0. The molecule has 7 nitrogen and oxygen atoms in total. The van der Waals surface area contributed by atoms with Gasteiger partial charge in [0.15, 0.2) is 0 Å². The van der Waals surface area contributed by atoms with Crippen LogP contribution in [0.3, 0.4) is 0 Å². The van der Waals surface area contributed by atoms with Gasteiger partial charge in [0.2, 0.25) is 5.91 Å². The van der Waals surface area contributed by atoms with Gasteiger partial charge in [-0.15, -0.1) is 0 Å². The number of nitrogens with one attached hydrogen (secondary N) is 2. The van der Waals surface area contributed by atoms with Crippen molar-refractivity contribution in [2.45, 2.75) is 59.4 Å². The SMILES string of the molecule is CCC(CC)C(=O)N1CCC(Nc2ccc(-c3nc(C)c(C)c(=O)[nH]3)cn2)CC1. The van der Waals surface area contributed by atoms with Crippen LogP contribution in [-0.4, -0.2) is 44.9 Å². The molecular weight excluding hydrogens is 366 g/mol. The molecule has 7 heteroatoms. The van der Waals surface area contributed by atoms with Crippen LogP contribution < -0.4 is 10.9 Å². The van der Waals surface area contributed by atoms with Crippen molar-refractivity contribution in [3.05, 3.63) is 39.9 Å². The molecule has 0 unspecified atom stereocenters. The van der Waals surface area contributed by atoms with Crippen molar-refractivity contribution < 1.29 is 4.79 Å². The summed E-state index contributed by atoms with van der Waals surface area (Å²) in [5.74, 6) is 1.78. The fourth-order valence-corrected chi connectivity index (χ4v) is 3.75. The van der Waals surface area contributed by atoms with Crippen LogP contribution in [0.25, 0.3) is 11.4 Å². The zero-order valence-electron chi connectivity index (χ0n) is 17.8. The number of pyridine rings is 1. The van der Waals surface area contributed by atoms with Crippen LogP contribution in [0.1, 0.15) is 50.8 Å². The van der Waals surface area contributed by atoms with Crippen LogP contribution in [-0.2, 0) is 4.79 Å². The molecule has 1 amide bonds. The number of nitrogens with zero attached hydrogens (tertiary/aromatic N) is 3. The largest absolute Gasteiger partial charge is 0.367 e. The minimum Gasteiger partial charge on any atom is -0.367 e. The molecule has 156 valence electrons. The maximum Gasteiger partial charge on any atom is 0.254 e. The predicted molar refractivity (Wildman–Crippen MR) is 115 cm³/mol. The third-order valence-electron chi connectivity index (χ3n) is 5.93. The summed E-state index contributed by atoms with van der Waals surface area (Å²) in [5, 5.41) is 3.47. The lowest BCUT2D eigenvalue weighted by molar-refractivity contribution is -0.136. The van der Waals surface area contributed by atoms with E-state index in [1.54, 1.807) is 13.1 Å². The Morgan fingerprint density at radius 2 is 1.93 bits per heavy atom. The zero-order valence-corrected chi connectivity index (χ0v) is 17.8. The number of hydrogen-bond acceptors (Lipinski definition) is 5. The number of aromatic amines is 1. The van der Waals surface area contributed by atoms with E-state index in [1.807, 2.05) is 24.0 Å². The Labute approximate surface area is 172 Å². The number of amides is 1. The average Bonchev–Trinajstić information content (AvgIpc) is 2.73. The smallest absolute Gasteiger partial charge is 0.254 e. The van der Waals surface area contributed by atoms with Crippen LogP contribution in [0.5, 0.6) is 0 Å². The van der Waals surface area contributed by atoms with Gasteiger partial charge in [-0.3, -0.25) is 9.59 Å². The molecule has 0 spiro atoms. The van der Waals surface area contributed by atoms with Crippen LogP contribution in [0.2, 0.25) is 0 Å². The summed E-state index contributed by atoms with van der Waals surface area (Å²) >= 11 is 0. The van der Waals surface area contributed by atoms with Crippen LogP contribution >= 0.6 is 0 Å². The maximum absolute atomic E-state index is 12.5. The summed E-state index contributed by atoms with van der Waals surface area (Å²) in [6.45, 7) is 9.34. The normalized spacial score (nSPS) is 15.0. The first-order valence-corrected chi connectivity index (χ1v) is 10.5. The number of carbonyl (C=O) groups excluding carboxylic acids is 1. The third-order valence-corrected chi connectivity index (χ3v) is 5.93. The highest BCUT2D eigenvalue weighted by Crippen LogP contribution is 2.21. The van der Waals surface area contributed by atoms with E-state index in [2.05, 4.69) is 34.1 Å². The van der Waals surface area contributed by atoms with Gasteiger partial charge < -0.3 is 15.2 Å². The van der Waals surface area contributed by atoms with Crippen molar-refractivity contribution in [2.75, 3.05) is 18.4 Å². The van der Waals surface area contributed by atoms with Crippen LogP contribution in [0.4, 0.5) is 5.82 Å². The zero-order chi connectivity index (χ0) is 21.0. The first-order valence-electron chi connectivity index (χ1n) is 10.5. The highest BCUT2D eigenvalue weighted by molar-refractivity contribution is 5.78. The summed E-state index contributed by atoms with van der Waals surface area (Å²) in [6, 6.07) is 4.12. The maximum atomic E-state index is 12.5. The van der Waals surface area contributed by atoms with Crippen molar-refractivity contribution in [1.29, 1.82) is 0 Å². The van der Waals surface area contributed by atoms with Crippen LogP contribution in [0, 0.1) is 19.8 Å². The second kappa shape index (κ2) is 9.20. The van der Waals surface area contributed by atoms with Gasteiger partial charge in [-0.1, -0.05) is 13.8 Å². The standard InChI is InChI=1S/C22H31N5O2/c1-5-16(6-2)22(29)27-11-9-18(10-12-27)25-19-8-7-17(13-23-19)20-24-15(4)14(3)21(28)26-20/h7-8,13,16,18H,5-6,9-12H2,1-4H3,(H,23,25)(H,24,26,28). The summed E-state index contributed by atoms with van der Waals surface area (Å²) < 4.78 is 0. The molecule has 1 saturated heterocycles. The highest BCUT2D eigenvalue weighted by atomic mass is 16.2. The van der Waals surface area contributed by atoms with E-state index >= 15 is 0 Å². The Morgan fingerprint density at radius 1 is 1.24 bits per heavy atom. The number of aryl methyl sites for hydroxylation is 1. The third kappa shape index (κ3) is 4.83. The summed E-state index contributed by atoms with van der Waals surface area (Å²) in [5.41, 5.74) is 2.01. The number of piperidine rings is 1. The molecule has 1 aliphatic rings. The Balaban J connectivity index is 1.59. The van der Waals surface area contributed by atoms with E-state index < -0.39 is 0 Å². The van der Waals surface area contributed by atoms with Gasteiger partial charge in [0.1, 0.15) is 11.6 Å². The second-order valence-corrected chi connectivity index (χ2v) is 7.81. The average molecular weight is 398 g/mol. The number of likely N-dealkylation sites (tertiary alicyclic amines) is 1. The van der Waals surface area contributed by atoms with Crippen molar-refractivity contribution in [3.8, 4) is 11.4 Å². The lowest BCUT2D eigenvalue weighted by Gasteiger charge is -2.34. The van der Waals surface area contributed by atoms with E-state index in [0.717, 1.165) is 55.8 Å². The van der Waals surface area contributed by atoms with Gasteiger partial charge in [-0.2, -0.15) is 0 Å². The van der Waals surface area contributed by atoms with Crippen molar-refractivity contribution in [1.82, 2.24) is 19.9 Å². The number of rotatable bonds is 6. The van der Waals surface area contributed by atoms with Gasteiger partial charge in [-0.25, -0.2) is 9.97 Å². The first-order chi connectivity index (χ1) is 13.9. The van der Waals surface area contributed by atoms with Crippen molar-refractivity contribution in [2.24, 2.45) is 5.92 Å². The summed E-state index contributed by atoms with van der Waals surface area (Å²) in [7, 11) is 0. The molecule has 29 heavy (non-hydrogen) atoms. The van der Waals surface area contributed by atoms with E-state index in [4.69, 9.17) is 0 Å². The van der Waals surface area contributed by atoms with Gasteiger partial charge in [-0.05, 0) is 51.7 Å². The molecule has 0 bridgehead atoms. The van der Waals surface area contributed by atoms with Crippen LogP contribution in [0.15, 0.2) is 23.1 Å². The molecule has 1 aliphatic heterocycles. The van der Waals surface area contributed by atoms with E-state index in [-0.39, 0.29) is 11.5 Å². The Morgan fingerprint density at radius 3 is 2.48 bits per heavy atom. The molecule has 3 heterocycles.